The van der Waals surface area contributed by atoms with Gasteiger partial charge in [0.1, 0.15) is 0 Å². The van der Waals surface area contributed by atoms with Gasteiger partial charge in [0, 0.05) is 30.6 Å². The number of aromatic nitrogens is 2. The molecule has 0 radical (unpaired) electrons. The van der Waals surface area contributed by atoms with Crippen LogP contribution in [-0.4, -0.2) is 52.2 Å². The predicted octanol–water partition coefficient (Wildman–Crippen LogP) is 4.23. The van der Waals surface area contributed by atoms with Crippen LogP contribution >= 0.6 is 23.1 Å². The SMILES string of the molecule is CCOC(=O)c1csc(C2CCN(C(=O)CSc3ccc(C(F)(F)F)cn3)CC2)n1. The van der Waals surface area contributed by atoms with E-state index in [0.717, 1.165) is 41.9 Å². The summed E-state index contributed by atoms with van der Waals surface area (Å²) in [6, 6.07) is 2.24. The summed E-state index contributed by atoms with van der Waals surface area (Å²) in [5.74, 6) is -0.202. The molecule has 11 heteroatoms. The summed E-state index contributed by atoms with van der Waals surface area (Å²) in [5, 5.41) is 2.94. The molecule has 0 N–H and O–H groups in total. The molecule has 1 amide bonds. The van der Waals surface area contributed by atoms with Crippen molar-refractivity contribution in [3.05, 3.63) is 40.0 Å². The molecule has 30 heavy (non-hydrogen) atoms. The van der Waals surface area contributed by atoms with Crippen molar-refractivity contribution in [3.63, 3.8) is 0 Å². The molecule has 0 spiro atoms. The van der Waals surface area contributed by atoms with Crippen LogP contribution in [-0.2, 0) is 15.7 Å². The van der Waals surface area contributed by atoms with Gasteiger partial charge in [-0.3, -0.25) is 4.79 Å². The number of carbonyl (C=O) groups excluding carboxylic acids is 2. The molecular formula is C19H20F3N3O3S2. The monoisotopic (exact) mass is 459 g/mol. The number of amides is 1. The molecule has 2 aromatic rings. The van der Waals surface area contributed by atoms with Crippen LogP contribution in [0.15, 0.2) is 28.7 Å². The third kappa shape index (κ3) is 5.72. The van der Waals surface area contributed by atoms with Crippen LogP contribution in [0.4, 0.5) is 13.2 Å². The molecule has 0 atom stereocenters. The summed E-state index contributed by atoms with van der Waals surface area (Å²) in [5.41, 5.74) is -0.496. The van der Waals surface area contributed by atoms with E-state index < -0.39 is 17.7 Å². The molecule has 0 aromatic carbocycles. The molecule has 2 aromatic heterocycles. The van der Waals surface area contributed by atoms with Crippen molar-refractivity contribution in [1.82, 2.24) is 14.9 Å². The fraction of sp³-hybridized carbons (Fsp3) is 0.474. The number of hydrogen-bond acceptors (Lipinski definition) is 7. The van der Waals surface area contributed by atoms with Gasteiger partial charge >= 0.3 is 12.1 Å². The van der Waals surface area contributed by atoms with Gasteiger partial charge in [-0.15, -0.1) is 11.3 Å². The Hall–Kier alpha value is -2.14. The van der Waals surface area contributed by atoms with Gasteiger partial charge in [-0.25, -0.2) is 14.8 Å². The first-order valence-corrected chi connectivity index (χ1v) is 11.2. The maximum Gasteiger partial charge on any atom is 0.417 e. The number of halogens is 3. The lowest BCUT2D eigenvalue weighted by Crippen LogP contribution is -2.38. The summed E-state index contributed by atoms with van der Waals surface area (Å²) < 4.78 is 42.7. The highest BCUT2D eigenvalue weighted by Crippen LogP contribution is 2.32. The largest absolute Gasteiger partial charge is 0.461 e. The van der Waals surface area contributed by atoms with Gasteiger partial charge in [0.2, 0.25) is 5.91 Å². The number of likely N-dealkylation sites (tertiary alicyclic amines) is 1. The van der Waals surface area contributed by atoms with Gasteiger partial charge in [-0.2, -0.15) is 13.2 Å². The van der Waals surface area contributed by atoms with Crippen molar-refractivity contribution in [2.24, 2.45) is 0 Å². The van der Waals surface area contributed by atoms with Gasteiger partial charge in [0.05, 0.1) is 28.0 Å². The molecule has 6 nitrogen and oxygen atoms in total. The van der Waals surface area contributed by atoms with E-state index in [1.165, 1.54) is 17.4 Å². The van der Waals surface area contributed by atoms with Crippen LogP contribution in [0, 0.1) is 0 Å². The molecular weight excluding hydrogens is 439 g/mol. The number of pyridine rings is 1. The Labute approximate surface area is 179 Å². The molecule has 3 rings (SSSR count). The number of nitrogens with zero attached hydrogens (tertiary/aromatic N) is 3. The second kappa shape index (κ2) is 9.78. The Kier molecular flexibility index (Phi) is 7.35. The zero-order chi connectivity index (χ0) is 21.7. The van der Waals surface area contributed by atoms with Crippen LogP contribution in [0.1, 0.15) is 46.7 Å². The van der Waals surface area contributed by atoms with Gasteiger partial charge in [0.15, 0.2) is 5.69 Å². The molecule has 1 fully saturated rings. The Morgan fingerprint density at radius 1 is 1.30 bits per heavy atom. The van der Waals surface area contributed by atoms with E-state index in [0.29, 0.717) is 30.4 Å². The first-order chi connectivity index (χ1) is 14.3. The van der Waals surface area contributed by atoms with E-state index >= 15 is 0 Å². The zero-order valence-corrected chi connectivity index (χ0v) is 17.8. The standard InChI is InChI=1S/C19H20F3N3O3S2/c1-2-28-18(27)14-10-30-17(24-14)12-5-7-25(8-6-12)16(26)11-29-15-4-3-13(9-23-15)19(20,21)22/h3-4,9-10,12H,2,5-8,11H2,1H3. The highest BCUT2D eigenvalue weighted by molar-refractivity contribution is 7.99. The Morgan fingerprint density at radius 2 is 2.03 bits per heavy atom. The van der Waals surface area contributed by atoms with E-state index in [9.17, 15) is 22.8 Å². The zero-order valence-electron chi connectivity index (χ0n) is 16.1. The molecule has 1 aliphatic heterocycles. The lowest BCUT2D eigenvalue weighted by Gasteiger charge is -2.31. The van der Waals surface area contributed by atoms with Gasteiger partial charge in [-0.1, -0.05) is 11.8 Å². The van der Waals surface area contributed by atoms with E-state index in [4.69, 9.17) is 4.74 Å². The number of thiazole rings is 1. The Morgan fingerprint density at radius 3 is 2.63 bits per heavy atom. The molecule has 0 bridgehead atoms. The van der Waals surface area contributed by atoms with Crippen molar-refractivity contribution >= 4 is 35.0 Å². The van der Waals surface area contributed by atoms with Crippen molar-refractivity contribution in [1.29, 1.82) is 0 Å². The fourth-order valence-electron chi connectivity index (χ4n) is 3.01. The quantitative estimate of drug-likeness (QED) is 0.476. The molecule has 3 heterocycles. The topological polar surface area (TPSA) is 72.4 Å². The maximum atomic E-state index is 12.6. The van der Waals surface area contributed by atoms with E-state index in [2.05, 4.69) is 9.97 Å². The summed E-state index contributed by atoms with van der Waals surface area (Å²) >= 11 is 2.54. The highest BCUT2D eigenvalue weighted by Gasteiger charge is 2.31. The average Bonchev–Trinajstić information content (AvgIpc) is 3.22. The summed E-state index contributed by atoms with van der Waals surface area (Å²) in [7, 11) is 0. The molecule has 1 aliphatic rings. The Balaban J connectivity index is 1.47. The number of esters is 1. The van der Waals surface area contributed by atoms with Crippen LogP contribution in [0.2, 0.25) is 0 Å². The third-order valence-electron chi connectivity index (χ3n) is 4.61. The molecule has 1 saturated heterocycles. The van der Waals surface area contributed by atoms with Crippen LogP contribution in [0.25, 0.3) is 0 Å². The minimum absolute atomic E-state index is 0.0773. The minimum atomic E-state index is -4.43. The number of carbonyl (C=O) groups is 2. The fourth-order valence-corrected chi connectivity index (χ4v) is 4.72. The number of piperidine rings is 1. The molecule has 162 valence electrons. The normalized spacial score (nSPS) is 15.3. The van der Waals surface area contributed by atoms with E-state index in [1.807, 2.05) is 0 Å². The summed E-state index contributed by atoms with van der Waals surface area (Å²) in [6.07, 6.45) is -2.17. The summed E-state index contributed by atoms with van der Waals surface area (Å²) in [6.45, 7) is 3.17. The number of thioether (sulfide) groups is 1. The number of hydrogen-bond donors (Lipinski definition) is 0. The minimum Gasteiger partial charge on any atom is -0.461 e. The van der Waals surface area contributed by atoms with Crippen molar-refractivity contribution in [3.8, 4) is 0 Å². The summed E-state index contributed by atoms with van der Waals surface area (Å²) in [4.78, 5) is 34.1. The van der Waals surface area contributed by atoms with Gasteiger partial charge in [-0.05, 0) is 31.9 Å². The number of alkyl halides is 3. The molecule has 0 saturated carbocycles. The first-order valence-electron chi connectivity index (χ1n) is 9.34. The van der Waals surface area contributed by atoms with Crippen molar-refractivity contribution in [2.45, 2.75) is 36.9 Å². The van der Waals surface area contributed by atoms with Gasteiger partial charge < -0.3 is 9.64 Å². The molecule has 0 aliphatic carbocycles. The lowest BCUT2D eigenvalue weighted by molar-refractivity contribution is -0.138. The second-order valence-electron chi connectivity index (χ2n) is 6.62. The van der Waals surface area contributed by atoms with Crippen LogP contribution < -0.4 is 0 Å². The lowest BCUT2D eigenvalue weighted by atomic mass is 9.97. The second-order valence-corrected chi connectivity index (χ2v) is 8.50. The number of rotatable bonds is 6. The van der Waals surface area contributed by atoms with Crippen molar-refractivity contribution < 1.29 is 27.5 Å². The predicted molar refractivity (Wildman–Crippen MR) is 107 cm³/mol. The van der Waals surface area contributed by atoms with Gasteiger partial charge in [0.25, 0.3) is 0 Å². The number of ether oxygens (including phenoxy) is 1. The van der Waals surface area contributed by atoms with Crippen LogP contribution in [0.5, 0.6) is 0 Å². The maximum absolute atomic E-state index is 12.6. The highest BCUT2D eigenvalue weighted by atomic mass is 32.2. The van der Waals surface area contributed by atoms with E-state index in [1.54, 1.807) is 17.2 Å². The van der Waals surface area contributed by atoms with E-state index in [-0.39, 0.29) is 17.6 Å². The first kappa shape index (κ1) is 22.5. The Bertz CT molecular complexity index is 879. The third-order valence-corrected chi connectivity index (χ3v) is 6.55. The molecule has 0 unspecified atom stereocenters. The van der Waals surface area contributed by atoms with Crippen molar-refractivity contribution in [2.75, 3.05) is 25.4 Å². The average molecular weight is 460 g/mol. The van der Waals surface area contributed by atoms with Crippen LogP contribution in [0.3, 0.4) is 0 Å². The smallest absolute Gasteiger partial charge is 0.417 e.